The molecule has 0 aliphatic carbocycles. The number of hydrogen-bond donors (Lipinski definition) is 1. The number of carboxylic acids is 1. The van der Waals surface area contributed by atoms with Crippen LogP contribution in [0.15, 0.2) is 24.3 Å². The van der Waals surface area contributed by atoms with Gasteiger partial charge in [0, 0.05) is 18.7 Å². The fourth-order valence-electron chi connectivity index (χ4n) is 2.15. The van der Waals surface area contributed by atoms with Crippen LogP contribution >= 0.6 is 0 Å². The van der Waals surface area contributed by atoms with Gasteiger partial charge in [-0.25, -0.2) is 4.79 Å². The Morgan fingerprint density at radius 3 is 2.52 bits per heavy atom. The number of anilines is 1. The molecule has 21 heavy (non-hydrogen) atoms. The highest BCUT2D eigenvalue weighted by Crippen LogP contribution is 2.25. The molecule has 1 rings (SSSR count). The molecule has 0 fully saturated rings. The molecule has 0 aliphatic rings. The topological polar surface area (TPSA) is 64.3 Å². The van der Waals surface area contributed by atoms with E-state index in [1.54, 1.807) is 6.07 Å². The molecule has 0 saturated carbocycles. The molecule has 4 nitrogen and oxygen atoms in total. The van der Waals surface area contributed by atoms with Gasteiger partial charge in [0.25, 0.3) is 0 Å². The van der Waals surface area contributed by atoms with E-state index in [1.165, 1.54) is 6.08 Å². The zero-order valence-corrected chi connectivity index (χ0v) is 13.0. The highest BCUT2D eigenvalue weighted by molar-refractivity contribution is 5.85. The van der Waals surface area contributed by atoms with Gasteiger partial charge in [-0.15, -0.1) is 0 Å². The lowest BCUT2D eigenvalue weighted by atomic mass is 10.1. The van der Waals surface area contributed by atoms with Crippen LogP contribution in [0, 0.1) is 17.2 Å². The fraction of sp³-hybridized carbons (Fsp3) is 0.412. The van der Waals surface area contributed by atoms with E-state index in [4.69, 9.17) is 5.11 Å². The van der Waals surface area contributed by atoms with Crippen LogP contribution in [0.25, 0.3) is 6.08 Å². The van der Waals surface area contributed by atoms with Crippen molar-refractivity contribution in [1.29, 1.82) is 5.26 Å². The minimum atomic E-state index is -0.999. The highest BCUT2D eigenvalue weighted by Gasteiger charge is 2.16. The van der Waals surface area contributed by atoms with Crippen LogP contribution in [0.1, 0.15) is 38.8 Å². The van der Waals surface area contributed by atoms with Crippen molar-refractivity contribution in [2.24, 2.45) is 5.92 Å². The summed E-state index contributed by atoms with van der Waals surface area (Å²) in [6.45, 7) is 9.36. The Labute approximate surface area is 126 Å². The maximum atomic E-state index is 10.6. The van der Waals surface area contributed by atoms with E-state index in [0.29, 0.717) is 23.1 Å². The van der Waals surface area contributed by atoms with E-state index < -0.39 is 5.97 Å². The van der Waals surface area contributed by atoms with Crippen LogP contribution in [0.2, 0.25) is 0 Å². The largest absolute Gasteiger partial charge is 0.478 e. The first kappa shape index (κ1) is 16.8. The number of nitriles is 1. The van der Waals surface area contributed by atoms with Crippen molar-refractivity contribution in [2.75, 3.05) is 11.4 Å². The number of nitrogens with zero attached hydrogens (tertiary/aromatic N) is 2. The molecule has 0 atom stereocenters. The van der Waals surface area contributed by atoms with E-state index in [9.17, 15) is 10.1 Å². The summed E-state index contributed by atoms with van der Waals surface area (Å²) < 4.78 is 0. The van der Waals surface area contributed by atoms with Crippen LogP contribution in [-0.4, -0.2) is 23.7 Å². The SMILES string of the molecule is CC(C)CN(c1ccc(/C=C/C(=O)O)cc1C#N)C(C)C. The summed E-state index contributed by atoms with van der Waals surface area (Å²) in [7, 11) is 0. The lowest BCUT2D eigenvalue weighted by Crippen LogP contribution is -2.34. The minimum Gasteiger partial charge on any atom is -0.478 e. The Morgan fingerprint density at radius 2 is 2.05 bits per heavy atom. The van der Waals surface area contributed by atoms with Gasteiger partial charge in [-0.2, -0.15) is 5.26 Å². The predicted octanol–water partition coefficient (Wildman–Crippen LogP) is 3.53. The van der Waals surface area contributed by atoms with Crippen molar-refractivity contribution in [3.63, 3.8) is 0 Å². The van der Waals surface area contributed by atoms with Crippen LogP contribution < -0.4 is 4.90 Å². The average molecular weight is 286 g/mol. The van der Waals surface area contributed by atoms with Crippen molar-refractivity contribution >= 4 is 17.7 Å². The molecule has 0 amide bonds. The molecule has 112 valence electrons. The lowest BCUT2D eigenvalue weighted by molar-refractivity contribution is -0.131. The van der Waals surface area contributed by atoms with Crippen LogP contribution in [-0.2, 0) is 4.79 Å². The summed E-state index contributed by atoms with van der Waals surface area (Å²) in [6.07, 6.45) is 2.57. The maximum Gasteiger partial charge on any atom is 0.328 e. The number of carbonyl (C=O) groups is 1. The van der Waals surface area contributed by atoms with Gasteiger partial charge in [-0.3, -0.25) is 0 Å². The molecule has 0 heterocycles. The van der Waals surface area contributed by atoms with Crippen LogP contribution in [0.4, 0.5) is 5.69 Å². The van der Waals surface area contributed by atoms with Crippen molar-refractivity contribution in [2.45, 2.75) is 33.7 Å². The van der Waals surface area contributed by atoms with Gasteiger partial charge in [-0.05, 0) is 43.5 Å². The van der Waals surface area contributed by atoms with E-state index in [0.717, 1.165) is 18.3 Å². The first-order valence-corrected chi connectivity index (χ1v) is 7.07. The molecule has 0 aliphatic heterocycles. The molecule has 1 aromatic carbocycles. The third kappa shape index (κ3) is 4.96. The standard InChI is InChI=1S/C17H22N2O2/c1-12(2)11-19(13(3)4)16-7-5-14(6-8-17(20)21)9-15(16)10-18/h5-9,12-13H,11H2,1-4H3,(H,20,21)/b8-6+. The Balaban J connectivity index is 3.18. The fourth-order valence-corrected chi connectivity index (χ4v) is 2.15. The summed E-state index contributed by atoms with van der Waals surface area (Å²) in [5.74, 6) is -0.508. The number of carboxylic acid groups (broad SMARTS) is 1. The summed E-state index contributed by atoms with van der Waals surface area (Å²) in [6, 6.07) is 7.96. The number of aliphatic carboxylic acids is 1. The van der Waals surface area contributed by atoms with Gasteiger partial charge in [0.1, 0.15) is 6.07 Å². The summed E-state index contributed by atoms with van der Waals surface area (Å²) in [5.41, 5.74) is 2.18. The van der Waals surface area contributed by atoms with Crippen LogP contribution in [0.5, 0.6) is 0 Å². The molecule has 0 unspecified atom stereocenters. The molecule has 0 spiro atoms. The molecule has 0 bridgehead atoms. The van der Waals surface area contributed by atoms with Crippen molar-refractivity contribution in [3.8, 4) is 6.07 Å². The number of benzene rings is 1. The second-order valence-electron chi connectivity index (χ2n) is 5.70. The van der Waals surface area contributed by atoms with Gasteiger partial charge >= 0.3 is 5.97 Å². The summed E-state index contributed by atoms with van der Waals surface area (Å²) in [5, 5.41) is 18.0. The normalized spacial score (nSPS) is 11.1. The smallest absolute Gasteiger partial charge is 0.328 e. The molecule has 0 saturated heterocycles. The molecule has 1 N–H and O–H groups in total. The van der Waals surface area contributed by atoms with Gasteiger partial charge in [0.2, 0.25) is 0 Å². The van der Waals surface area contributed by atoms with Gasteiger partial charge in [-0.1, -0.05) is 19.9 Å². The highest BCUT2D eigenvalue weighted by atomic mass is 16.4. The zero-order chi connectivity index (χ0) is 16.0. The molecule has 1 aromatic rings. The number of hydrogen-bond acceptors (Lipinski definition) is 3. The maximum absolute atomic E-state index is 10.6. The van der Waals surface area contributed by atoms with E-state index in [-0.39, 0.29) is 0 Å². The van der Waals surface area contributed by atoms with Crippen molar-refractivity contribution in [3.05, 3.63) is 35.4 Å². The first-order valence-electron chi connectivity index (χ1n) is 7.07. The lowest BCUT2D eigenvalue weighted by Gasteiger charge is -2.31. The Morgan fingerprint density at radius 1 is 1.38 bits per heavy atom. The van der Waals surface area contributed by atoms with Gasteiger partial charge in [0.15, 0.2) is 0 Å². The predicted molar refractivity (Wildman–Crippen MR) is 85.1 cm³/mol. The average Bonchev–Trinajstić information content (AvgIpc) is 2.41. The van der Waals surface area contributed by atoms with Gasteiger partial charge in [0.05, 0.1) is 11.3 Å². The second kappa shape index (κ2) is 7.49. The molecule has 0 radical (unpaired) electrons. The van der Waals surface area contributed by atoms with Crippen molar-refractivity contribution < 1.29 is 9.90 Å². The Bertz CT molecular complexity index is 569. The third-order valence-corrected chi connectivity index (χ3v) is 3.05. The minimum absolute atomic E-state index is 0.292. The molecular formula is C17H22N2O2. The second-order valence-corrected chi connectivity index (χ2v) is 5.70. The Kier molecular flexibility index (Phi) is 5.98. The van der Waals surface area contributed by atoms with Gasteiger partial charge < -0.3 is 10.0 Å². The third-order valence-electron chi connectivity index (χ3n) is 3.05. The van der Waals surface area contributed by atoms with Crippen LogP contribution in [0.3, 0.4) is 0 Å². The quantitative estimate of drug-likeness (QED) is 0.812. The zero-order valence-electron chi connectivity index (χ0n) is 13.0. The van der Waals surface area contributed by atoms with E-state index in [2.05, 4.69) is 38.7 Å². The summed E-state index contributed by atoms with van der Waals surface area (Å²) in [4.78, 5) is 12.8. The summed E-state index contributed by atoms with van der Waals surface area (Å²) >= 11 is 0. The van der Waals surface area contributed by atoms with Crippen molar-refractivity contribution in [1.82, 2.24) is 0 Å². The molecule has 0 aromatic heterocycles. The monoisotopic (exact) mass is 286 g/mol. The molecule has 4 heteroatoms. The van der Waals surface area contributed by atoms with E-state index >= 15 is 0 Å². The molecular weight excluding hydrogens is 264 g/mol. The first-order chi connectivity index (χ1) is 9.85. The Hall–Kier alpha value is -2.28. The number of rotatable bonds is 6. The van der Waals surface area contributed by atoms with E-state index in [1.807, 2.05) is 12.1 Å².